The maximum Gasteiger partial charge on any atom is 0.306 e. The first-order chi connectivity index (χ1) is 7.95. The second kappa shape index (κ2) is 5.38. The molecule has 92 valence electrons. The van der Waals surface area contributed by atoms with Gasteiger partial charge in [0.05, 0.1) is 10.8 Å². The van der Waals surface area contributed by atoms with Gasteiger partial charge in [-0.3, -0.25) is 14.9 Å². The standard InChI is InChI=1S/C11H12FNO4/c1-2-7(11(14)15)5-8-6-9(12)3-4-10(8)13(16)17/h3-4,6-7H,2,5H2,1H3,(H,14,15). The van der Waals surface area contributed by atoms with E-state index in [0.717, 1.165) is 18.2 Å². The number of halogens is 1. The van der Waals surface area contributed by atoms with Crippen LogP contribution in [0.5, 0.6) is 0 Å². The van der Waals surface area contributed by atoms with Gasteiger partial charge in [0.15, 0.2) is 0 Å². The van der Waals surface area contributed by atoms with Gasteiger partial charge in [-0.15, -0.1) is 0 Å². The summed E-state index contributed by atoms with van der Waals surface area (Å²) in [4.78, 5) is 20.9. The highest BCUT2D eigenvalue weighted by Gasteiger charge is 2.22. The summed E-state index contributed by atoms with van der Waals surface area (Å²) < 4.78 is 13.0. The van der Waals surface area contributed by atoms with Crippen molar-refractivity contribution >= 4 is 11.7 Å². The predicted molar refractivity (Wildman–Crippen MR) is 58.2 cm³/mol. The molecule has 0 aliphatic carbocycles. The van der Waals surface area contributed by atoms with Crippen LogP contribution in [0.2, 0.25) is 0 Å². The van der Waals surface area contributed by atoms with E-state index in [9.17, 15) is 19.3 Å². The van der Waals surface area contributed by atoms with Crippen LogP contribution in [0, 0.1) is 21.8 Å². The first-order valence-corrected chi connectivity index (χ1v) is 5.11. The molecule has 0 aliphatic rings. The summed E-state index contributed by atoms with van der Waals surface area (Å²) in [6, 6.07) is 3.06. The Hall–Kier alpha value is -1.98. The van der Waals surface area contributed by atoms with Crippen molar-refractivity contribution in [2.24, 2.45) is 5.92 Å². The van der Waals surface area contributed by atoms with Crippen molar-refractivity contribution in [1.29, 1.82) is 0 Å². The maximum absolute atomic E-state index is 13.0. The van der Waals surface area contributed by atoms with Crippen LogP contribution in [0.4, 0.5) is 10.1 Å². The number of hydrogen-bond donors (Lipinski definition) is 1. The molecule has 1 atom stereocenters. The number of aliphatic carboxylic acids is 1. The number of carboxylic acid groups (broad SMARTS) is 1. The van der Waals surface area contributed by atoms with Crippen LogP contribution in [0.1, 0.15) is 18.9 Å². The van der Waals surface area contributed by atoms with Crippen LogP contribution in [0.15, 0.2) is 18.2 Å². The van der Waals surface area contributed by atoms with E-state index in [1.54, 1.807) is 6.92 Å². The Balaban J connectivity index is 3.07. The average Bonchev–Trinajstić information content (AvgIpc) is 2.25. The molecule has 6 heteroatoms. The van der Waals surface area contributed by atoms with Gasteiger partial charge >= 0.3 is 5.97 Å². The first kappa shape index (κ1) is 13.1. The third kappa shape index (κ3) is 3.24. The minimum Gasteiger partial charge on any atom is -0.481 e. The minimum atomic E-state index is -1.04. The summed E-state index contributed by atoms with van der Waals surface area (Å²) in [6.45, 7) is 1.67. The number of nitrogens with zero attached hydrogens (tertiary/aromatic N) is 1. The molecule has 0 heterocycles. The third-order valence-corrected chi connectivity index (χ3v) is 2.55. The largest absolute Gasteiger partial charge is 0.481 e. The monoisotopic (exact) mass is 241 g/mol. The van der Waals surface area contributed by atoms with Crippen molar-refractivity contribution < 1.29 is 19.2 Å². The third-order valence-electron chi connectivity index (χ3n) is 2.55. The molecule has 1 N–H and O–H groups in total. The predicted octanol–water partition coefficient (Wildman–Crippen LogP) is 2.39. The summed E-state index contributed by atoms with van der Waals surface area (Å²) in [5.74, 6) is -2.38. The van der Waals surface area contributed by atoms with Gasteiger partial charge in [-0.25, -0.2) is 4.39 Å². The Bertz CT molecular complexity index is 447. The lowest BCUT2D eigenvalue weighted by Gasteiger charge is -2.09. The number of benzene rings is 1. The average molecular weight is 241 g/mol. The molecule has 0 saturated heterocycles. The summed E-state index contributed by atoms with van der Waals surface area (Å²) >= 11 is 0. The van der Waals surface area contributed by atoms with Gasteiger partial charge in [-0.05, 0) is 25.0 Å². The zero-order chi connectivity index (χ0) is 13.0. The molecule has 0 bridgehead atoms. The minimum absolute atomic E-state index is 0.0418. The lowest BCUT2D eigenvalue weighted by atomic mass is 9.96. The van der Waals surface area contributed by atoms with Gasteiger partial charge < -0.3 is 5.11 Å². The molecule has 0 amide bonds. The van der Waals surface area contributed by atoms with E-state index >= 15 is 0 Å². The molecular formula is C11H12FNO4. The van der Waals surface area contributed by atoms with E-state index in [1.807, 2.05) is 0 Å². The second-order valence-electron chi connectivity index (χ2n) is 3.68. The quantitative estimate of drug-likeness (QED) is 0.634. The lowest BCUT2D eigenvalue weighted by Crippen LogP contribution is -2.16. The van der Waals surface area contributed by atoms with Crippen molar-refractivity contribution in [3.63, 3.8) is 0 Å². The number of carbonyl (C=O) groups is 1. The molecule has 1 unspecified atom stereocenters. The molecule has 0 radical (unpaired) electrons. The molecule has 0 aliphatic heterocycles. The second-order valence-corrected chi connectivity index (χ2v) is 3.68. The molecule has 5 nitrogen and oxygen atoms in total. The fourth-order valence-electron chi connectivity index (χ4n) is 1.57. The summed E-state index contributed by atoms with van der Waals surface area (Å²) in [7, 11) is 0. The van der Waals surface area contributed by atoms with Gasteiger partial charge in [-0.2, -0.15) is 0 Å². The highest BCUT2D eigenvalue weighted by atomic mass is 19.1. The highest BCUT2D eigenvalue weighted by molar-refractivity contribution is 5.70. The Morgan fingerprint density at radius 1 is 1.59 bits per heavy atom. The van der Waals surface area contributed by atoms with Gasteiger partial charge in [0.2, 0.25) is 0 Å². The van der Waals surface area contributed by atoms with Crippen LogP contribution in [-0.4, -0.2) is 16.0 Å². The fourth-order valence-corrected chi connectivity index (χ4v) is 1.57. The highest BCUT2D eigenvalue weighted by Crippen LogP contribution is 2.23. The normalized spacial score (nSPS) is 12.1. The first-order valence-electron chi connectivity index (χ1n) is 5.11. The molecule has 1 aromatic carbocycles. The Morgan fingerprint density at radius 3 is 2.71 bits per heavy atom. The van der Waals surface area contributed by atoms with Crippen molar-refractivity contribution in [1.82, 2.24) is 0 Å². The molecule has 0 saturated carbocycles. The summed E-state index contributed by atoms with van der Waals surface area (Å²) in [5.41, 5.74) is -0.129. The van der Waals surface area contributed by atoms with Crippen LogP contribution in [-0.2, 0) is 11.2 Å². The smallest absolute Gasteiger partial charge is 0.306 e. The number of rotatable bonds is 5. The number of nitro benzene ring substituents is 1. The van der Waals surface area contributed by atoms with Crippen molar-refractivity contribution in [2.45, 2.75) is 19.8 Å². The van der Waals surface area contributed by atoms with Crippen LogP contribution < -0.4 is 0 Å². The molecule has 0 spiro atoms. The zero-order valence-corrected chi connectivity index (χ0v) is 9.22. The number of carboxylic acids is 1. The van der Waals surface area contributed by atoms with Crippen molar-refractivity contribution in [3.05, 3.63) is 39.7 Å². The SMILES string of the molecule is CCC(Cc1cc(F)ccc1[N+](=O)[O-])C(=O)O. The van der Waals surface area contributed by atoms with Crippen molar-refractivity contribution in [3.8, 4) is 0 Å². The van der Waals surface area contributed by atoms with E-state index in [1.165, 1.54) is 0 Å². The molecular weight excluding hydrogens is 229 g/mol. The van der Waals surface area contributed by atoms with Gasteiger partial charge in [0.25, 0.3) is 5.69 Å². The van der Waals surface area contributed by atoms with E-state index < -0.39 is 22.6 Å². The molecule has 17 heavy (non-hydrogen) atoms. The van der Waals surface area contributed by atoms with E-state index in [4.69, 9.17) is 5.11 Å². The fraction of sp³-hybridized carbons (Fsp3) is 0.364. The topological polar surface area (TPSA) is 80.4 Å². The van der Waals surface area contributed by atoms with Gasteiger partial charge in [0.1, 0.15) is 5.82 Å². The lowest BCUT2D eigenvalue weighted by molar-refractivity contribution is -0.385. The van der Waals surface area contributed by atoms with Crippen LogP contribution >= 0.6 is 0 Å². The summed E-state index contributed by atoms with van der Waals surface area (Å²) in [6.07, 6.45) is 0.295. The maximum atomic E-state index is 13.0. The molecule has 1 rings (SSSR count). The van der Waals surface area contributed by atoms with E-state index in [0.29, 0.717) is 6.42 Å². The van der Waals surface area contributed by atoms with Crippen LogP contribution in [0.3, 0.4) is 0 Å². The van der Waals surface area contributed by atoms with E-state index in [2.05, 4.69) is 0 Å². The molecule has 0 fully saturated rings. The zero-order valence-electron chi connectivity index (χ0n) is 9.22. The Labute approximate surface area is 97.0 Å². The number of nitro groups is 1. The van der Waals surface area contributed by atoms with Crippen LogP contribution in [0.25, 0.3) is 0 Å². The molecule has 1 aromatic rings. The Kier molecular flexibility index (Phi) is 4.14. The van der Waals surface area contributed by atoms with E-state index in [-0.39, 0.29) is 17.7 Å². The summed E-state index contributed by atoms with van der Waals surface area (Å²) in [5, 5.41) is 19.6. The number of hydrogen-bond acceptors (Lipinski definition) is 3. The van der Waals surface area contributed by atoms with Gasteiger partial charge in [0, 0.05) is 11.6 Å². The molecule has 0 aromatic heterocycles. The van der Waals surface area contributed by atoms with Crippen molar-refractivity contribution in [2.75, 3.05) is 0 Å². The van der Waals surface area contributed by atoms with Gasteiger partial charge in [-0.1, -0.05) is 6.92 Å². The Morgan fingerprint density at radius 2 is 2.24 bits per heavy atom.